The molecule has 0 unspecified atom stereocenters. The van der Waals surface area contributed by atoms with Gasteiger partial charge in [0.2, 0.25) is 0 Å². The number of nitrogens with zero attached hydrogens (tertiary/aromatic N) is 3. The van der Waals surface area contributed by atoms with E-state index in [4.69, 9.17) is 4.74 Å². The van der Waals surface area contributed by atoms with Crippen LogP contribution in [-0.4, -0.2) is 57.3 Å². The lowest BCUT2D eigenvalue weighted by atomic mass is 10.2. The van der Waals surface area contributed by atoms with Crippen molar-refractivity contribution in [2.45, 2.75) is 6.42 Å². The summed E-state index contributed by atoms with van der Waals surface area (Å²) in [5.41, 5.74) is 2.00. The predicted octanol–water partition coefficient (Wildman–Crippen LogP) is 2.31. The van der Waals surface area contributed by atoms with Crippen LogP contribution in [0.25, 0.3) is 0 Å². The Morgan fingerprint density at radius 2 is 1.93 bits per heavy atom. The summed E-state index contributed by atoms with van der Waals surface area (Å²) in [7, 11) is 1.64. The Morgan fingerprint density at radius 1 is 1.19 bits per heavy atom. The van der Waals surface area contributed by atoms with Crippen LogP contribution in [0.3, 0.4) is 0 Å². The van der Waals surface area contributed by atoms with Gasteiger partial charge in [-0.15, -0.1) is 0 Å². The van der Waals surface area contributed by atoms with E-state index in [1.165, 1.54) is 6.07 Å². The molecule has 7 heteroatoms. The van der Waals surface area contributed by atoms with Crippen molar-refractivity contribution in [3.63, 3.8) is 0 Å². The number of pyridine rings is 1. The topological polar surface area (TPSA) is 57.7 Å². The first-order valence-corrected chi connectivity index (χ1v) is 9.16. The number of amides is 1. The zero-order valence-corrected chi connectivity index (χ0v) is 15.5. The highest BCUT2D eigenvalue weighted by atomic mass is 19.1. The summed E-state index contributed by atoms with van der Waals surface area (Å²) < 4.78 is 18.9. The normalized spacial score (nSPS) is 14.3. The van der Waals surface area contributed by atoms with Gasteiger partial charge < -0.3 is 19.9 Å². The second-order valence-corrected chi connectivity index (χ2v) is 6.43. The summed E-state index contributed by atoms with van der Waals surface area (Å²) in [4.78, 5) is 20.7. The zero-order valence-electron chi connectivity index (χ0n) is 15.5. The molecule has 0 spiro atoms. The van der Waals surface area contributed by atoms with E-state index in [1.54, 1.807) is 19.4 Å². The number of ether oxygens (including phenoxy) is 1. The highest BCUT2D eigenvalue weighted by Crippen LogP contribution is 2.23. The molecule has 6 nitrogen and oxygen atoms in total. The van der Waals surface area contributed by atoms with Gasteiger partial charge in [-0.25, -0.2) is 4.39 Å². The van der Waals surface area contributed by atoms with E-state index in [0.29, 0.717) is 24.5 Å². The predicted molar refractivity (Wildman–Crippen MR) is 104 cm³/mol. The third kappa shape index (κ3) is 4.95. The zero-order chi connectivity index (χ0) is 19.1. The van der Waals surface area contributed by atoms with Crippen LogP contribution in [0.5, 0.6) is 0 Å². The number of piperazine rings is 1. The Labute approximate surface area is 158 Å². The first-order valence-electron chi connectivity index (χ1n) is 9.16. The molecule has 0 atom stereocenters. The molecule has 0 bridgehead atoms. The van der Waals surface area contributed by atoms with E-state index in [9.17, 15) is 9.18 Å². The smallest absolute Gasteiger partial charge is 0.269 e. The summed E-state index contributed by atoms with van der Waals surface area (Å²) in [6.45, 7) is 4.13. The molecule has 2 heterocycles. The molecular formula is C20H25FN4O2. The second-order valence-electron chi connectivity index (χ2n) is 6.43. The number of methoxy groups -OCH3 is 1. The van der Waals surface area contributed by atoms with Crippen molar-refractivity contribution in [3.05, 3.63) is 54.1 Å². The van der Waals surface area contributed by atoms with Gasteiger partial charge in [-0.3, -0.25) is 9.78 Å². The number of rotatable bonds is 7. The van der Waals surface area contributed by atoms with Gasteiger partial charge in [0.15, 0.2) is 0 Å². The van der Waals surface area contributed by atoms with Gasteiger partial charge in [-0.1, -0.05) is 12.1 Å². The number of carbonyl (C=O) groups is 1. The van der Waals surface area contributed by atoms with E-state index in [1.807, 2.05) is 24.3 Å². The van der Waals surface area contributed by atoms with Crippen LogP contribution in [0, 0.1) is 5.82 Å². The number of nitrogens with one attached hydrogen (secondary N) is 1. The molecule has 1 saturated heterocycles. The third-order valence-corrected chi connectivity index (χ3v) is 4.62. The molecule has 1 aromatic carbocycles. The van der Waals surface area contributed by atoms with E-state index >= 15 is 0 Å². The van der Waals surface area contributed by atoms with Crippen LogP contribution in [0.4, 0.5) is 15.8 Å². The molecule has 1 amide bonds. The Morgan fingerprint density at radius 3 is 2.67 bits per heavy atom. The minimum Gasteiger partial charge on any atom is -0.385 e. The maximum absolute atomic E-state index is 14.0. The first-order chi connectivity index (χ1) is 13.2. The lowest BCUT2D eigenvalue weighted by Gasteiger charge is -2.37. The van der Waals surface area contributed by atoms with Crippen molar-refractivity contribution in [2.75, 3.05) is 56.2 Å². The minimum atomic E-state index is -0.192. The number of anilines is 2. The molecule has 27 heavy (non-hydrogen) atoms. The van der Waals surface area contributed by atoms with Gasteiger partial charge in [0.1, 0.15) is 11.5 Å². The van der Waals surface area contributed by atoms with E-state index < -0.39 is 0 Å². The number of hydrogen-bond acceptors (Lipinski definition) is 5. The maximum atomic E-state index is 14.0. The van der Waals surface area contributed by atoms with Gasteiger partial charge in [0.25, 0.3) is 5.91 Å². The molecule has 1 aliphatic heterocycles. The van der Waals surface area contributed by atoms with E-state index in [-0.39, 0.29) is 11.7 Å². The lowest BCUT2D eigenvalue weighted by Crippen LogP contribution is -2.46. The summed E-state index contributed by atoms with van der Waals surface area (Å²) in [6.07, 6.45) is 2.42. The monoisotopic (exact) mass is 372 g/mol. The minimum absolute atomic E-state index is 0.182. The fraction of sp³-hybridized carbons (Fsp3) is 0.400. The standard InChI is InChI=1S/C20H25FN4O2/c1-27-14-4-8-23-20(26)18-15-16(7-9-22-18)24-10-12-25(13-11-24)19-6-3-2-5-17(19)21/h2-3,5-7,9,15H,4,8,10-14H2,1H3,(H,23,26). The van der Waals surface area contributed by atoms with Crippen LogP contribution in [-0.2, 0) is 4.74 Å². The number of benzene rings is 1. The molecule has 1 fully saturated rings. The van der Waals surface area contributed by atoms with Crippen LogP contribution in [0.15, 0.2) is 42.6 Å². The van der Waals surface area contributed by atoms with Crippen molar-refractivity contribution in [1.29, 1.82) is 0 Å². The lowest BCUT2D eigenvalue weighted by molar-refractivity contribution is 0.0943. The largest absolute Gasteiger partial charge is 0.385 e. The molecular weight excluding hydrogens is 347 g/mol. The van der Waals surface area contributed by atoms with Crippen molar-refractivity contribution >= 4 is 17.3 Å². The fourth-order valence-corrected chi connectivity index (χ4v) is 3.16. The SMILES string of the molecule is COCCCNC(=O)c1cc(N2CCN(c3ccccc3F)CC2)ccn1. The number of para-hydroxylation sites is 1. The molecule has 0 aliphatic carbocycles. The first kappa shape index (κ1) is 19.1. The molecule has 1 aromatic heterocycles. The van der Waals surface area contributed by atoms with Crippen LogP contribution >= 0.6 is 0 Å². The quantitative estimate of drug-likeness (QED) is 0.756. The average Bonchev–Trinajstić information content (AvgIpc) is 2.72. The molecule has 1 N–H and O–H groups in total. The van der Waals surface area contributed by atoms with Crippen molar-refractivity contribution in [3.8, 4) is 0 Å². The number of halogens is 1. The van der Waals surface area contributed by atoms with Gasteiger partial charge >= 0.3 is 0 Å². The van der Waals surface area contributed by atoms with Gasteiger partial charge in [-0.2, -0.15) is 0 Å². The molecule has 0 radical (unpaired) electrons. The summed E-state index contributed by atoms with van der Waals surface area (Å²) in [6, 6.07) is 10.6. The van der Waals surface area contributed by atoms with Crippen molar-refractivity contribution in [1.82, 2.24) is 10.3 Å². The number of hydrogen-bond donors (Lipinski definition) is 1. The Bertz CT molecular complexity index is 763. The summed E-state index contributed by atoms with van der Waals surface area (Å²) >= 11 is 0. The van der Waals surface area contributed by atoms with E-state index in [2.05, 4.69) is 20.1 Å². The Balaban J connectivity index is 1.58. The van der Waals surface area contributed by atoms with Crippen molar-refractivity contribution < 1.29 is 13.9 Å². The van der Waals surface area contributed by atoms with Crippen LogP contribution < -0.4 is 15.1 Å². The molecule has 144 valence electrons. The molecule has 1 aliphatic rings. The van der Waals surface area contributed by atoms with Crippen LogP contribution in [0.2, 0.25) is 0 Å². The second kappa shape index (κ2) is 9.32. The Kier molecular flexibility index (Phi) is 6.59. The Hall–Kier alpha value is -2.67. The summed E-state index contributed by atoms with van der Waals surface area (Å²) in [5.74, 6) is -0.375. The maximum Gasteiger partial charge on any atom is 0.269 e. The summed E-state index contributed by atoms with van der Waals surface area (Å²) in [5, 5.41) is 2.85. The molecule has 0 saturated carbocycles. The third-order valence-electron chi connectivity index (χ3n) is 4.62. The molecule has 2 aromatic rings. The number of carbonyl (C=O) groups excluding carboxylic acids is 1. The van der Waals surface area contributed by atoms with Gasteiger partial charge in [0, 0.05) is 58.3 Å². The van der Waals surface area contributed by atoms with E-state index in [0.717, 1.165) is 38.3 Å². The molecule has 3 rings (SSSR count). The van der Waals surface area contributed by atoms with Crippen LogP contribution in [0.1, 0.15) is 16.9 Å². The van der Waals surface area contributed by atoms with Gasteiger partial charge in [0.05, 0.1) is 5.69 Å². The highest BCUT2D eigenvalue weighted by molar-refractivity contribution is 5.93. The fourth-order valence-electron chi connectivity index (χ4n) is 3.16. The highest BCUT2D eigenvalue weighted by Gasteiger charge is 2.20. The van der Waals surface area contributed by atoms with Crippen molar-refractivity contribution in [2.24, 2.45) is 0 Å². The average molecular weight is 372 g/mol. The van der Waals surface area contributed by atoms with Gasteiger partial charge in [-0.05, 0) is 30.7 Å². The number of aromatic nitrogens is 1.